The van der Waals surface area contributed by atoms with Gasteiger partial charge in [0.2, 0.25) is 5.91 Å². The van der Waals surface area contributed by atoms with Crippen molar-refractivity contribution in [2.45, 2.75) is 19.3 Å². The highest BCUT2D eigenvalue weighted by molar-refractivity contribution is 7.15. The molecule has 33 heavy (non-hydrogen) atoms. The predicted octanol–water partition coefficient (Wildman–Crippen LogP) is 3.85. The minimum absolute atomic E-state index is 0.161. The molecule has 0 bridgehead atoms. The van der Waals surface area contributed by atoms with Gasteiger partial charge in [-0.25, -0.2) is 4.79 Å². The first-order valence-electron chi connectivity index (χ1n) is 10.3. The zero-order valence-electron chi connectivity index (χ0n) is 17.8. The second-order valence-electron chi connectivity index (χ2n) is 7.42. The predicted molar refractivity (Wildman–Crippen MR) is 124 cm³/mol. The summed E-state index contributed by atoms with van der Waals surface area (Å²) in [4.78, 5) is 36.8. The summed E-state index contributed by atoms with van der Waals surface area (Å²) < 4.78 is 11.1. The minimum Gasteiger partial charge on any atom is -0.490 e. The third kappa shape index (κ3) is 4.54. The van der Waals surface area contributed by atoms with Gasteiger partial charge in [0, 0.05) is 22.8 Å². The van der Waals surface area contributed by atoms with E-state index >= 15 is 0 Å². The SMILES string of the molecule is CCOc1cc(C2CC(=O)Nc3c2sc(C(=O)O)c3-c2ccccc2)ccc1OCC(N)=O. The molecule has 2 amide bonds. The Balaban J connectivity index is 1.82. The number of nitrogens with two attached hydrogens (primary N) is 1. The van der Waals surface area contributed by atoms with E-state index in [1.54, 1.807) is 18.2 Å². The second-order valence-corrected chi connectivity index (χ2v) is 8.47. The van der Waals surface area contributed by atoms with Gasteiger partial charge < -0.3 is 25.6 Å². The summed E-state index contributed by atoms with van der Waals surface area (Å²) >= 11 is 1.16. The smallest absolute Gasteiger partial charge is 0.346 e. The van der Waals surface area contributed by atoms with E-state index in [1.807, 2.05) is 37.3 Å². The number of primary amides is 1. The zero-order valence-corrected chi connectivity index (χ0v) is 18.6. The number of carboxylic acid groups (broad SMARTS) is 1. The fraction of sp³-hybridized carbons (Fsp3) is 0.208. The van der Waals surface area contributed by atoms with Gasteiger partial charge in [-0.15, -0.1) is 11.3 Å². The van der Waals surface area contributed by atoms with Crippen molar-refractivity contribution in [2.24, 2.45) is 5.73 Å². The third-order valence-electron chi connectivity index (χ3n) is 5.20. The Kier molecular flexibility index (Phi) is 6.32. The van der Waals surface area contributed by atoms with Crippen LogP contribution < -0.4 is 20.5 Å². The van der Waals surface area contributed by atoms with Gasteiger partial charge in [-0.1, -0.05) is 36.4 Å². The van der Waals surface area contributed by atoms with E-state index in [-0.39, 0.29) is 29.7 Å². The van der Waals surface area contributed by atoms with Gasteiger partial charge in [0.25, 0.3) is 5.91 Å². The van der Waals surface area contributed by atoms with Crippen molar-refractivity contribution < 1.29 is 29.0 Å². The second kappa shape index (κ2) is 9.33. The number of amides is 2. The van der Waals surface area contributed by atoms with Gasteiger partial charge in [0.1, 0.15) is 4.88 Å². The molecule has 0 aliphatic carbocycles. The monoisotopic (exact) mass is 466 g/mol. The van der Waals surface area contributed by atoms with Crippen LogP contribution in [0.15, 0.2) is 48.5 Å². The molecule has 4 N–H and O–H groups in total. The first kappa shape index (κ1) is 22.3. The molecule has 0 radical (unpaired) electrons. The maximum Gasteiger partial charge on any atom is 0.346 e. The van der Waals surface area contributed by atoms with Gasteiger partial charge >= 0.3 is 5.97 Å². The number of carboxylic acids is 1. The lowest BCUT2D eigenvalue weighted by Gasteiger charge is -2.24. The molecule has 1 atom stereocenters. The maximum absolute atomic E-state index is 12.7. The normalized spacial score (nSPS) is 14.8. The van der Waals surface area contributed by atoms with Gasteiger partial charge in [-0.2, -0.15) is 0 Å². The van der Waals surface area contributed by atoms with Crippen LogP contribution in [0.2, 0.25) is 0 Å². The fourth-order valence-corrected chi connectivity index (χ4v) is 5.11. The van der Waals surface area contributed by atoms with Gasteiger partial charge in [0.15, 0.2) is 18.1 Å². The Morgan fingerprint density at radius 2 is 1.91 bits per heavy atom. The molecule has 0 saturated carbocycles. The summed E-state index contributed by atoms with van der Waals surface area (Å²) in [5, 5.41) is 12.8. The van der Waals surface area contributed by atoms with E-state index in [2.05, 4.69) is 5.32 Å². The molecule has 1 aliphatic rings. The van der Waals surface area contributed by atoms with E-state index < -0.39 is 11.9 Å². The van der Waals surface area contributed by atoms with Crippen LogP contribution in [-0.2, 0) is 9.59 Å². The number of aromatic carboxylic acids is 1. The number of fused-ring (bicyclic) bond motifs is 1. The molecule has 3 aromatic rings. The van der Waals surface area contributed by atoms with E-state index in [4.69, 9.17) is 15.2 Å². The number of thiophene rings is 1. The molecule has 8 nitrogen and oxygen atoms in total. The van der Waals surface area contributed by atoms with Crippen LogP contribution in [0.5, 0.6) is 11.5 Å². The number of ether oxygens (including phenoxy) is 2. The van der Waals surface area contributed by atoms with E-state index in [0.717, 1.165) is 27.3 Å². The van der Waals surface area contributed by atoms with Crippen LogP contribution in [0.25, 0.3) is 11.1 Å². The largest absolute Gasteiger partial charge is 0.490 e. The van der Waals surface area contributed by atoms with Crippen molar-refractivity contribution in [1.29, 1.82) is 0 Å². The fourth-order valence-electron chi connectivity index (χ4n) is 3.86. The Bertz CT molecular complexity index is 1220. The average Bonchev–Trinajstić information content (AvgIpc) is 3.18. The number of carbonyl (C=O) groups excluding carboxylic acids is 2. The quantitative estimate of drug-likeness (QED) is 0.463. The number of hydrogen-bond donors (Lipinski definition) is 3. The third-order valence-corrected chi connectivity index (χ3v) is 6.49. The van der Waals surface area contributed by atoms with Gasteiger partial charge in [-0.3, -0.25) is 9.59 Å². The van der Waals surface area contributed by atoms with Crippen molar-refractivity contribution in [3.05, 3.63) is 63.8 Å². The molecule has 2 aromatic carbocycles. The van der Waals surface area contributed by atoms with Crippen LogP contribution in [-0.4, -0.2) is 36.1 Å². The molecule has 1 unspecified atom stereocenters. The standard InChI is InChI=1S/C24H22N2O6S/c1-2-31-17-10-14(8-9-16(17)32-12-18(25)27)15-11-19(28)26-21-20(13-6-4-3-5-7-13)23(24(29)30)33-22(15)21/h3-10,15H,2,11-12H2,1H3,(H2,25,27)(H,26,28)(H,29,30). The molecule has 4 rings (SSSR count). The van der Waals surface area contributed by atoms with Crippen LogP contribution in [0.1, 0.15) is 39.4 Å². The molecular weight excluding hydrogens is 444 g/mol. The van der Waals surface area contributed by atoms with Gasteiger partial charge in [-0.05, 0) is 30.2 Å². The molecule has 2 heterocycles. The topological polar surface area (TPSA) is 128 Å². The molecule has 1 aromatic heterocycles. The van der Waals surface area contributed by atoms with Crippen molar-refractivity contribution in [3.8, 4) is 22.6 Å². The molecule has 0 fully saturated rings. The number of benzene rings is 2. The maximum atomic E-state index is 12.7. The highest BCUT2D eigenvalue weighted by Gasteiger charge is 2.34. The van der Waals surface area contributed by atoms with Gasteiger partial charge in [0.05, 0.1) is 12.3 Å². The molecule has 9 heteroatoms. The Labute approximate surface area is 193 Å². The number of hydrogen-bond acceptors (Lipinski definition) is 6. The molecule has 0 saturated heterocycles. The lowest BCUT2D eigenvalue weighted by Crippen LogP contribution is -2.22. The lowest BCUT2D eigenvalue weighted by molar-refractivity contribution is -0.120. The van der Waals surface area contributed by atoms with Crippen LogP contribution in [0, 0.1) is 0 Å². The van der Waals surface area contributed by atoms with Crippen molar-refractivity contribution >= 4 is 34.8 Å². The Hall–Kier alpha value is -3.85. The Morgan fingerprint density at radius 1 is 1.15 bits per heavy atom. The van der Waals surface area contributed by atoms with Crippen LogP contribution in [0.4, 0.5) is 5.69 Å². The summed E-state index contributed by atoms with van der Waals surface area (Å²) in [6.07, 6.45) is 0.161. The van der Waals surface area contributed by atoms with Crippen molar-refractivity contribution in [2.75, 3.05) is 18.5 Å². The number of anilines is 1. The molecule has 0 spiro atoms. The highest BCUT2D eigenvalue weighted by atomic mass is 32.1. The minimum atomic E-state index is -1.05. The summed E-state index contributed by atoms with van der Waals surface area (Å²) in [6.45, 7) is 1.90. The van der Waals surface area contributed by atoms with Crippen molar-refractivity contribution in [3.63, 3.8) is 0 Å². The average molecular weight is 467 g/mol. The van der Waals surface area contributed by atoms with Crippen molar-refractivity contribution in [1.82, 2.24) is 0 Å². The first-order valence-corrected chi connectivity index (χ1v) is 11.1. The van der Waals surface area contributed by atoms with Crippen LogP contribution in [0.3, 0.4) is 0 Å². The number of nitrogens with one attached hydrogen (secondary N) is 1. The summed E-state index contributed by atoms with van der Waals surface area (Å²) in [5.41, 5.74) is 7.70. The number of rotatable bonds is 8. The summed E-state index contributed by atoms with van der Waals surface area (Å²) in [6, 6.07) is 14.4. The van der Waals surface area contributed by atoms with E-state index in [1.165, 1.54) is 0 Å². The lowest BCUT2D eigenvalue weighted by atomic mass is 9.88. The van der Waals surface area contributed by atoms with E-state index in [9.17, 15) is 19.5 Å². The highest BCUT2D eigenvalue weighted by Crippen LogP contribution is 2.50. The summed E-state index contributed by atoms with van der Waals surface area (Å²) in [7, 11) is 0. The molecular formula is C24H22N2O6S. The van der Waals surface area contributed by atoms with E-state index in [0.29, 0.717) is 29.4 Å². The molecule has 170 valence electrons. The molecule has 1 aliphatic heterocycles. The summed E-state index contributed by atoms with van der Waals surface area (Å²) in [5.74, 6) is -1.44. The zero-order chi connectivity index (χ0) is 23.5. The Morgan fingerprint density at radius 3 is 2.58 bits per heavy atom. The first-order chi connectivity index (χ1) is 15.9. The number of carbonyl (C=O) groups is 3. The van der Waals surface area contributed by atoms with Crippen LogP contribution >= 0.6 is 11.3 Å².